The van der Waals surface area contributed by atoms with Crippen molar-refractivity contribution in [2.45, 2.75) is 13.8 Å². The van der Waals surface area contributed by atoms with Crippen LogP contribution in [-0.2, 0) is 0 Å². The summed E-state index contributed by atoms with van der Waals surface area (Å²) >= 11 is 5.88. The van der Waals surface area contributed by atoms with Crippen LogP contribution in [0, 0.1) is 19.7 Å². The molecule has 0 aliphatic rings. The van der Waals surface area contributed by atoms with Crippen LogP contribution in [0.25, 0.3) is 10.9 Å². The van der Waals surface area contributed by atoms with Crippen LogP contribution in [0.5, 0.6) is 0 Å². The van der Waals surface area contributed by atoms with Gasteiger partial charge < -0.3 is 4.98 Å². The van der Waals surface area contributed by atoms with E-state index in [9.17, 15) is 4.39 Å². The Morgan fingerprint density at radius 3 is 2.69 bits per heavy atom. The second kappa shape index (κ2) is 2.74. The van der Waals surface area contributed by atoms with E-state index in [1.165, 1.54) is 6.07 Å². The smallest absolute Gasteiger partial charge is 0.128 e. The molecule has 2 rings (SSSR count). The number of aromatic amines is 1. The second-order valence-corrected chi connectivity index (χ2v) is 3.61. The van der Waals surface area contributed by atoms with Gasteiger partial charge in [0.05, 0.1) is 10.5 Å². The molecule has 2 aromatic rings. The molecule has 3 heteroatoms. The van der Waals surface area contributed by atoms with Crippen molar-refractivity contribution in [2.75, 3.05) is 0 Å². The third-order valence-corrected chi connectivity index (χ3v) is 2.50. The molecule has 0 saturated carbocycles. The Hall–Kier alpha value is -1.02. The summed E-state index contributed by atoms with van der Waals surface area (Å²) in [4.78, 5) is 3.10. The Morgan fingerprint density at radius 2 is 2.00 bits per heavy atom. The number of hydrogen-bond acceptors (Lipinski definition) is 0. The summed E-state index contributed by atoms with van der Waals surface area (Å²) in [6, 6.07) is 3.24. The van der Waals surface area contributed by atoms with Crippen molar-refractivity contribution in [2.24, 2.45) is 0 Å². The van der Waals surface area contributed by atoms with Gasteiger partial charge >= 0.3 is 0 Å². The van der Waals surface area contributed by atoms with Gasteiger partial charge in [-0.25, -0.2) is 4.39 Å². The van der Waals surface area contributed by atoms with Gasteiger partial charge in [0.15, 0.2) is 0 Å². The molecule has 0 unspecified atom stereocenters. The average molecular weight is 198 g/mol. The summed E-state index contributed by atoms with van der Waals surface area (Å²) in [5, 5.41) is 1.30. The van der Waals surface area contributed by atoms with Crippen LogP contribution >= 0.6 is 11.6 Å². The van der Waals surface area contributed by atoms with Crippen molar-refractivity contribution < 1.29 is 4.39 Å². The quantitative estimate of drug-likeness (QED) is 0.665. The van der Waals surface area contributed by atoms with E-state index in [1.807, 2.05) is 13.0 Å². The zero-order valence-corrected chi connectivity index (χ0v) is 8.17. The highest BCUT2D eigenvalue weighted by Crippen LogP contribution is 2.28. The molecule has 1 N–H and O–H groups in total. The van der Waals surface area contributed by atoms with Gasteiger partial charge in [-0.2, -0.15) is 0 Å². The number of aryl methyl sites for hydroxylation is 2. The summed E-state index contributed by atoms with van der Waals surface area (Å²) in [5.74, 6) is -0.253. The lowest BCUT2D eigenvalue weighted by molar-refractivity contribution is 0.621. The van der Waals surface area contributed by atoms with Gasteiger partial charge in [0.2, 0.25) is 0 Å². The highest BCUT2D eigenvalue weighted by Gasteiger charge is 2.09. The van der Waals surface area contributed by atoms with Crippen molar-refractivity contribution in [3.8, 4) is 0 Å². The first-order chi connectivity index (χ1) is 6.09. The standard InChI is InChI=1S/C10H9ClFN/c1-5-3-7-6(2)9(12)4-8(11)10(7)13-5/h3-4,13H,1-2H3. The number of fused-ring (bicyclic) bond motifs is 1. The Bertz CT molecular complexity index is 473. The average Bonchev–Trinajstić information content (AvgIpc) is 2.44. The van der Waals surface area contributed by atoms with E-state index in [0.717, 1.165) is 16.6 Å². The van der Waals surface area contributed by atoms with Crippen molar-refractivity contribution in [1.82, 2.24) is 4.98 Å². The minimum atomic E-state index is -0.253. The highest BCUT2D eigenvalue weighted by atomic mass is 35.5. The number of benzene rings is 1. The summed E-state index contributed by atoms with van der Waals surface area (Å²) in [6.45, 7) is 3.68. The molecular weight excluding hydrogens is 189 g/mol. The molecule has 1 aromatic heterocycles. The topological polar surface area (TPSA) is 15.8 Å². The number of hydrogen-bond donors (Lipinski definition) is 1. The number of H-pyrrole nitrogens is 1. The third-order valence-electron chi connectivity index (χ3n) is 2.21. The first-order valence-corrected chi connectivity index (χ1v) is 4.41. The molecule has 0 saturated heterocycles. The molecule has 68 valence electrons. The van der Waals surface area contributed by atoms with Crippen LogP contribution in [0.4, 0.5) is 4.39 Å². The van der Waals surface area contributed by atoms with Crippen LogP contribution in [0.1, 0.15) is 11.3 Å². The minimum Gasteiger partial charge on any atom is -0.357 e. The van der Waals surface area contributed by atoms with Crippen molar-refractivity contribution in [1.29, 1.82) is 0 Å². The molecule has 13 heavy (non-hydrogen) atoms. The van der Waals surface area contributed by atoms with Gasteiger partial charge in [-0.1, -0.05) is 11.6 Å². The molecule has 1 nitrogen and oxygen atoms in total. The van der Waals surface area contributed by atoms with Crippen LogP contribution < -0.4 is 0 Å². The van der Waals surface area contributed by atoms with E-state index in [4.69, 9.17) is 11.6 Å². The Morgan fingerprint density at radius 1 is 1.31 bits per heavy atom. The fraction of sp³-hybridized carbons (Fsp3) is 0.200. The number of rotatable bonds is 0. The first-order valence-electron chi connectivity index (χ1n) is 4.03. The summed E-state index contributed by atoms with van der Waals surface area (Å²) in [7, 11) is 0. The maximum absolute atomic E-state index is 13.2. The highest BCUT2D eigenvalue weighted by molar-refractivity contribution is 6.35. The van der Waals surface area contributed by atoms with E-state index in [2.05, 4.69) is 4.98 Å². The Balaban J connectivity index is 2.95. The van der Waals surface area contributed by atoms with Gasteiger partial charge in [0, 0.05) is 11.1 Å². The van der Waals surface area contributed by atoms with Crippen LogP contribution in [0.2, 0.25) is 5.02 Å². The van der Waals surface area contributed by atoms with Crippen LogP contribution in [-0.4, -0.2) is 4.98 Å². The summed E-state index contributed by atoms with van der Waals surface area (Å²) in [5.41, 5.74) is 2.45. The maximum Gasteiger partial charge on any atom is 0.128 e. The third kappa shape index (κ3) is 1.22. The van der Waals surface area contributed by atoms with Gasteiger partial charge in [0.25, 0.3) is 0 Å². The van der Waals surface area contributed by atoms with Crippen LogP contribution in [0.3, 0.4) is 0 Å². The predicted octanol–water partition coefficient (Wildman–Crippen LogP) is 3.58. The van der Waals surface area contributed by atoms with E-state index < -0.39 is 0 Å². The Labute approximate surface area is 80.5 Å². The molecule has 0 atom stereocenters. The molecule has 0 aliphatic carbocycles. The van der Waals surface area contributed by atoms with Crippen molar-refractivity contribution in [3.05, 3.63) is 34.2 Å². The lowest BCUT2D eigenvalue weighted by Gasteiger charge is -1.99. The molecule has 0 amide bonds. The van der Waals surface area contributed by atoms with Gasteiger partial charge in [-0.05, 0) is 31.5 Å². The van der Waals surface area contributed by atoms with E-state index in [1.54, 1.807) is 6.92 Å². The fourth-order valence-electron chi connectivity index (χ4n) is 1.49. The molecule has 0 aliphatic heterocycles. The molecule has 0 fully saturated rings. The summed E-state index contributed by atoms with van der Waals surface area (Å²) < 4.78 is 13.2. The number of halogens is 2. The van der Waals surface area contributed by atoms with E-state index >= 15 is 0 Å². The predicted molar refractivity (Wildman–Crippen MR) is 52.7 cm³/mol. The maximum atomic E-state index is 13.2. The molecule has 0 spiro atoms. The summed E-state index contributed by atoms with van der Waals surface area (Å²) in [6.07, 6.45) is 0. The zero-order valence-electron chi connectivity index (χ0n) is 7.41. The van der Waals surface area contributed by atoms with Gasteiger partial charge in [-0.15, -0.1) is 0 Å². The van der Waals surface area contributed by atoms with Crippen LogP contribution in [0.15, 0.2) is 12.1 Å². The van der Waals surface area contributed by atoms with Crippen molar-refractivity contribution >= 4 is 22.5 Å². The van der Waals surface area contributed by atoms with E-state index in [-0.39, 0.29) is 5.82 Å². The van der Waals surface area contributed by atoms with Crippen molar-refractivity contribution in [3.63, 3.8) is 0 Å². The monoisotopic (exact) mass is 197 g/mol. The lowest BCUT2D eigenvalue weighted by atomic mass is 10.1. The lowest BCUT2D eigenvalue weighted by Crippen LogP contribution is -1.83. The SMILES string of the molecule is Cc1cc2c(C)c(F)cc(Cl)c2[nH]1. The molecule has 1 heterocycles. The molecule has 0 bridgehead atoms. The number of nitrogens with one attached hydrogen (secondary N) is 1. The first kappa shape index (κ1) is 8.57. The second-order valence-electron chi connectivity index (χ2n) is 3.21. The molecule has 0 radical (unpaired) electrons. The van der Waals surface area contributed by atoms with Gasteiger partial charge in [-0.3, -0.25) is 0 Å². The molecule has 1 aromatic carbocycles. The normalized spacial score (nSPS) is 11.1. The zero-order chi connectivity index (χ0) is 9.59. The fourth-order valence-corrected chi connectivity index (χ4v) is 1.74. The van der Waals surface area contributed by atoms with Gasteiger partial charge in [0.1, 0.15) is 5.82 Å². The van der Waals surface area contributed by atoms with E-state index in [0.29, 0.717) is 10.6 Å². The Kier molecular flexibility index (Phi) is 1.81. The number of aromatic nitrogens is 1. The largest absolute Gasteiger partial charge is 0.357 e. The molecular formula is C10H9ClFN. The minimum absolute atomic E-state index is 0.253.